The van der Waals surface area contributed by atoms with E-state index in [0.717, 1.165) is 21.2 Å². The number of carbonyl (C=O) groups is 1. The molecule has 194 valence electrons. The first-order valence-corrected chi connectivity index (χ1v) is 12.3. The maximum Gasteiger partial charge on any atom is 0.280 e. The summed E-state index contributed by atoms with van der Waals surface area (Å²) >= 11 is 6.07. The molecule has 0 unspecified atom stereocenters. The molecule has 4 aromatic heterocycles. The van der Waals surface area contributed by atoms with Gasteiger partial charge in [-0.15, -0.1) is 0 Å². The topological polar surface area (TPSA) is 113 Å². The Bertz CT molecular complexity index is 1910. The first-order valence-electron chi connectivity index (χ1n) is 12.0. The summed E-state index contributed by atoms with van der Waals surface area (Å²) in [5.74, 6) is -0.0346. The second-order valence-electron chi connectivity index (χ2n) is 8.70. The molecule has 0 atom stereocenters. The number of fused-ring (bicyclic) bond motifs is 4. The molecule has 0 bridgehead atoms. The lowest BCUT2D eigenvalue weighted by molar-refractivity contribution is -0.119. The number of hydrogen-bond donors (Lipinski definition) is 1. The van der Waals surface area contributed by atoms with Gasteiger partial charge in [0.1, 0.15) is 11.3 Å². The third-order valence-corrected chi connectivity index (χ3v) is 6.45. The van der Waals surface area contributed by atoms with Crippen LogP contribution < -0.4 is 15.7 Å². The summed E-state index contributed by atoms with van der Waals surface area (Å²) < 4.78 is 13.8. The number of aromatic nitrogens is 5. The van der Waals surface area contributed by atoms with Crippen molar-refractivity contribution < 1.29 is 14.3 Å². The molecule has 0 aliphatic heterocycles. The summed E-state index contributed by atoms with van der Waals surface area (Å²) in [7, 11) is 1.59. The van der Waals surface area contributed by atoms with Crippen molar-refractivity contribution in [2.75, 3.05) is 19.1 Å². The number of rotatable bonds is 7. The number of methoxy groups -OCH3 is 1. The Hall–Kier alpha value is -4.80. The summed E-state index contributed by atoms with van der Waals surface area (Å²) in [6.45, 7) is -0.0520. The van der Waals surface area contributed by atoms with Gasteiger partial charge in [-0.2, -0.15) is 5.10 Å². The molecule has 4 heterocycles. The molecular formula is C28H21ClN6O4. The average molecular weight is 541 g/mol. The van der Waals surface area contributed by atoms with E-state index in [1.54, 1.807) is 42.1 Å². The average Bonchev–Trinajstić information content (AvgIpc) is 3.32. The van der Waals surface area contributed by atoms with Crippen molar-refractivity contribution in [3.05, 3.63) is 100 Å². The fourth-order valence-corrected chi connectivity index (χ4v) is 4.58. The van der Waals surface area contributed by atoms with Crippen molar-refractivity contribution in [2.45, 2.75) is 6.61 Å². The molecule has 11 heteroatoms. The Morgan fingerprint density at radius 3 is 2.69 bits per heavy atom. The van der Waals surface area contributed by atoms with Crippen LogP contribution in [0.25, 0.3) is 38.6 Å². The van der Waals surface area contributed by atoms with Gasteiger partial charge in [0.05, 0.1) is 28.8 Å². The van der Waals surface area contributed by atoms with E-state index in [9.17, 15) is 9.59 Å². The number of carbonyl (C=O) groups excluding carboxylic acids is 1. The summed E-state index contributed by atoms with van der Waals surface area (Å²) in [5.41, 5.74) is 6.17. The maximum atomic E-state index is 13.3. The molecule has 2 aromatic carbocycles. The number of nitrogens with zero attached hydrogens (tertiary/aromatic N) is 5. The first-order chi connectivity index (χ1) is 19.0. The Balaban J connectivity index is 1.30. The SMILES string of the molecule is COCc1nn2c(ncc3c(=O)n(NC(=O)COc4cccc5cccnc45)ccc32)c1-c1ccc(Cl)cc1. The van der Waals surface area contributed by atoms with Gasteiger partial charge in [0.25, 0.3) is 11.5 Å². The smallest absolute Gasteiger partial charge is 0.280 e. The van der Waals surface area contributed by atoms with Crippen molar-refractivity contribution in [3.63, 3.8) is 0 Å². The molecular weight excluding hydrogens is 520 g/mol. The van der Waals surface area contributed by atoms with Crippen LogP contribution in [-0.2, 0) is 16.1 Å². The zero-order valence-corrected chi connectivity index (χ0v) is 21.4. The Kier molecular flexibility index (Phi) is 6.39. The second kappa shape index (κ2) is 10.2. The van der Waals surface area contributed by atoms with E-state index in [1.807, 2.05) is 36.4 Å². The third-order valence-electron chi connectivity index (χ3n) is 6.20. The summed E-state index contributed by atoms with van der Waals surface area (Å²) in [6.07, 6.45) is 4.61. The molecule has 0 saturated heterocycles. The molecule has 0 saturated carbocycles. The number of hydrogen-bond acceptors (Lipinski definition) is 7. The van der Waals surface area contributed by atoms with Crippen molar-refractivity contribution in [1.29, 1.82) is 0 Å². The van der Waals surface area contributed by atoms with Crippen LogP contribution in [-0.4, -0.2) is 43.9 Å². The molecule has 0 aliphatic carbocycles. The summed E-state index contributed by atoms with van der Waals surface area (Å²) in [5, 5.41) is 6.47. The number of amides is 1. The fourth-order valence-electron chi connectivity index (χ4n) is 4.45. The monoisotopic (exact) mass is 540 g/mol. The van der Waals surface area contributed by atoms with Gasteiger partial charge < -0.3 is 9.47 Å². The maximum absolute atomic E-state index is 13.3. The zero-order chi connectivity index (χ0) is 26.9. The number of ether oxygens (including phenoxy) is 2. The van der Waals surface area contributed by atoms with E-state index in [0.29, 0.717) is 33.1 Å². The van der Waals surface area contributed by atoms with Crippen LogP contribution in [0.4, 0.5) is 0 Å². The molecule has 1 N–H and O–H groups in total. The van der Waals surface area contributed by atoms with Crippen molar-refractivity contribution in [2.24, 2.45) is 0 Å². The predicted octanol–water partition coefficient (Wildman–Crippen LogP) is 4.21. The largest absolute Gasteiger partial charge is 0.481 e. The minimum Gasteiger partial charge on any atom is -0.481 e. The Labute approximate surface area is 226 Å². The van der Waals surface area contributed by atoms with Crippen LogP contribution in [0.2, 0.25) is 5.02 Å². The van der Waals surface area contributed by atoms with Crippen LogP contribution in [0, 0.1) is 0 Å². The third kappa shape index (κ3) is 4.56. The van der Waals surface area contributed by atoms with Crippen LogP contribution in [0.3, 0.4) is 0 Å². The second-order valence-corrected chi connectivity index (χ2v) is 9.14. The highest BCUT2D eigenvalue weighted by atomic mass is 35.5. The van der Waals surface area contributed by atoms with Gasteiger partial charge in [-0.25, -0.2) is 14.2 Å². The molecule has 0 fully saturated rings. The van der Waals surface area contributed by atoms with E-state index in [1.165, 1.54) is 12.4 Å². The number of para-hydroxylation sites is 1. The van der Waals surface area contributed by atoms with Gasteiger partial charge >= 0.3 is 0 Å². The van der Waals surface area contributed by atoms with Crippen molar-refractivity contribution >= 4 is 45.0 Å². The van der Waals surface area contributed by atoms with Crippen LogP contribution in [0.5, 0.6) is 5.75 Å². The highest BCUT2D eigenvalue weighted by molar-refractivity contribution is 6.30. The number of halogens is 1. The van der Waals surface area contributed by atoms with Gasteiger partial charge in [0.2, 0.25) is 0 Å². The summed E-state index contributed by atoms with van der Waals surface area (Å²) in [6, 6.07) is 18.2. The predicted molar refractivity (Wildman–Crippen MR) is 148 cm³/mol. The van der Waals surface area contributed by atoms with Gasteiger partial charge in [-0.3, -0.25) is 20.0 Å². The Morgan fingerprint density at radius 2 is 1.87 bits per heavy atom. The van der Waals surface area contributed by atoms with Crippen LogP contribution in [0.15, 0.2) is 84.0 Å². The standard InChI is InChI=1S/C28H21ClN6O4/c1-38-15-21-25(17-7-9-19(29)10-8-17)27-31-14-20-22(35(27)32-21)11-13-34(28(20)37)33-24(36)16-39-23-6-2-4-18-5-3-12-30-26(18)23/h2-14H,15-16H2,1H3,(H,33,36). The molecule has 6 aromatic rings. The van der Waals surface area contributed by atoms with E-state index in [-0.39, 0.29) is 18.6 Å². The molecule has 10 nitrogen and oxygen atoms in total. The van der Waals surface area contributed by atoms with E-state index < -0.39 is 11.5 Å². The molecule has 0 radical (unpaired) electrons. The van der Waals surface area contributed by atoms with Gasteiger partial charge in [0, 0.05) is 36.1 Å². The van der Waals surface area contributed by atoms with Gasteiger partial charge in [-0.05, 0) is 35.9 Å². The van der Waals surface area contributed by atoms with Crippen LogP contribution in [0.1, 0.15) is 5.69 Å². The minimum atomic E-state index is -0.509. The fraction of sp³-hybridized carbons (Fsp3) is 0.107. The van der Waals surface area contributed by atoms with Crippen molar-refractivity contribution in [1.82, 2.24) is 24.3 Å². The normalized spacial score (nSPS) is 11.3. The highest BCUT2D eigenvalue weighted by Crippen LogP contribution is 2.30. The minimum absolute atomic E-state index is 0.252. The number of benzene rings is 2. The molecule has 39 heavy (non-hydrogen) atoms. The molecule has 6 rings (SSSR count). The van der Waals surface area contributed by atoms with E-state index in [4.69, 9.17) is 21.1 Å². The molecule has 0 aliphatic rings. The van der Waals surface area contributed by atoms with Crippen LogP contribution >= 0.6 is 11.6 Å². The van der Waals surface area contributed by atoms with E-state index >= 15 is 0 Å². The summed E-state index contributed by atoms with van der Waals surface area (Å²) in [4.78, 5) is 34.8. The van der Waals surface area contributed by atoms with Gasteiger partial charge in [-0.1, -0.05) is 41.9 Å². The zero-order valence-electron chi connectivity index (χ0n) is 20.7. The first kappa shape index (κ1) is 24.5. The van der Waals surface area contributed by atoms with Gasteiger partial charge in [0.15, 0.2) is 12.3 Å². The number of pyridine rings is 2. The van der Waals surface area contributed by atoms with E-state index in [2.05, 4.69) is 20.5 Å². The molecule has 1 amide bonds. The lowest BCUT2D eigenvalue weighted by Gasteiger charge is -2.11. The highest BCUT2D eigenvalue weighted by Gasteiger charge is 2.19. The molecule has 0 spiro atoms. The Morgan fingerprint density at radius 1 is 1.05 bits per heavy atom. The lowest BCUT2D eigenvalue weighted by Crippen LogP contribution is -2.35. The number of nitrogens with one attached hydrogen (secondary N) is 1. The van der Waals surface area contributed by atoms with Crippen molar-refractivity contribution in [3.8, 4) is 16.9 Å². The quantitative estimate of drug-likeness (QED) is 0.323. The lowest BCUT2D eigenvalue weighted by atomic mass is 10.1.